The number of benzene rings is 1. The first kappa shape index (κ1) is 17.9. The number of carbonyl (C=O) groups is 1. The first-order valence-corrected chi connectivity index (χ1v) is 8.59. The van der Waals surface area contributed by atoms with E-state index in [0.717, 1.165) is 19.3 Å². The van der Waals surface area contributed by atoms with Crippen LogP contribution in [0.25, 0.3) is 0 Å². The Morgan fingerprint density at radius 1 is 1.27 bits per heavy atom. The predicted octanol–water partition coefficient (Wildman–Crippen LogP) is 1.34. The molecule has 8 nitrogen and oxygen atoms in total. The molecule has 3 rings (SSSR count). The summed E-state index contributed by atoms with van der Waals surface area (Å²) in [7, 11) is 0. The smallest absolute Gasteiger partial charge is 0.302 e. The maximum absolute atomic E-state index is 11.9. The number of amides is 1. The minimum atomic E-state index is -0.785. The molecule has 0 fully saturated rings. The number of nitrogens with one attached hydrogen (secondary N) is 1. The fourth-order valence-corrected chi connectivity index (χ4v) is 3.25. The molecule has 1 aromatic carbocycles. The molecule has 0 saturated heterocycles. The quantitative estimate of drug-likeness (QED) is 0.467. The van der Waals surface area contributed by atoms with Crippen LogP contribution in [0.2, 0.25) is 5.15 Å². The molecule has 136 valence electrons. The molecule has 9 heteroatoms. The zero-order valence-corrected chi connectivity index (χ0v) is 14.8. The molecular weight excluding hydrogens is 354 g/mol. The van der Waals surface area contributed by atoms with Gasteiger partial charge in [0.15, 0.2) is 28.4 Å². The molecule has 0 aliphatic heterocycles. The summed E-state index contributed by atoms with van der Waals surface area (Å²) < 4.78 is 0. The Kier molecular flexibility index (Phi) is 5.22. The van der Waals surface area contributed by atoms with Crippen molar-refractivity contribution in [1.82, 2.24) is 9.97 Å². The second kappa shape index (κ2) is 7.57. The number of fused-ring (bicyclic) bond motifs is 1. The molecule has 0 spiro atoms. The number of hydrogen-bond acceptors (Lipinski definition) is 5. The van der Waals surface area contributed by atoms with E-state index in [-0.39, 0.29) is 22.6 Å². The maximum Gasteiger partial charge on any atom is 0.302 e. The van der Waals surface area contributed by atoms with Crippen LogP contribution in [0.3, 0.4) is 0 Å². The summed E-state index contributed by atoms with van der Waals surface area (Å²) >= 11 is 6.13. The van der Waals surface area contributed by atoms with Crippen molar-refractivity contribution in [3.05, 3.63) is 46.2 Å². The summed E-state index contributed by atoms with van der Waals surface area (Å²) in [5.74, 6) is -0.462. The third kappa shape index (κ3) is 4.02. The van der Waals surface area contributed by atoms with E-state index in [2.05, 4.69) is 44.5 Å². The largest absolute Gasteiger partial charge is 0.382 e. The van der Waals surface area contributed by atoms with Crippen LogP contribution in [0.5, 0.6) is 0 Å². The van der Waals surface area contributed by atoms with Gasteiger partial charge in [0.1, 0.15) is 0 Å². The van der Waals surface area contributed by atoms with E-state index < -0.39 is 5.91 Å². The maximum atomic E-state index is 11.9. The van der Waals surface area contributed by atoms with Crippen LogP contribution in [0.15, 0.2) is 29.3 Å². The highest BCUT2D eigenvalue weighted by molar-refractivity contribution is 6.32. The summed E-state index contributed by atoms with van der Waals surface area (Å²) in [6.07, 6.45) is 3.12. The van der Waals surface area contributed by atoms with Crippen molar-refractivity contribution in [3.63, 3.8) is 0 Å². The molecule has 0 saturated carbocycles. The van der Waals surface area contributed by atoms with Crippen LogP contribution in [-0.4, -0.2) is 28.4 Å². The number of carbonyl (C=O) groups excluding carboxylic acids is 1. The Morgan fingerprint density at radius 2 is 2.00 bits per heavy atom. The lowest BCUT2D eigenvalue weighted by Crippen LogP contribution is -2.25. The number of nitrogens with two attached hydrogens (primary N) is 3. The standard InChI is InChI=1S/C17H20ClN7O/c18-13-15(24-14(19)12(23-13)16(26)25-17(20)21)22-8-9-5-6-10-3-1-2-4-11(10)7-9/h1-4,9H,5-8H2,(H3,19,22,24)(H4,20,21,25,26). The zero-order valence-electron chi connectivity index (χ0n) is 14.1. The summed E-state index contributed by atoms with van der Waals surface area (Å²) in [5.41, 5.74) is 18.8. The molecule has 1 atom stereocenters. The van der Waals surface area contributed by atoms with Crippen molar-refractivity contribution >= 4 is 35.1 Å². The molecule has 0 bridgehead atoms. The monoisotopic (exact) mass is 373 g/mol. The lowest BCUT2D eigenvalue weighted by molar-refractivity contribution is 0.0998. The van der Waals surface area contributed by atoms with Crippen LogP contribution in [0.1, 0.15) is 28.0 Å². The molecule has 1 amide bonds. The Balaban J connectivity index is 1.68. The Labute approximate surface area is 155 Å². The lowest BCUT2D eigenvalue weighted by atomic mass is 9.84. The molecule has 1 aliphatic rings. The Bertz CT molecular complexity index is 864. The van der Waals surface area contributed by atoms with Gasteiger partial charge < -0.3 is 22.5 Å². The number of nitrogens with zero attached hydrogens (tertiary/aromatic N) is 3. The van der Waals surface area contributed by atoms with E-state index in [1.54, 1.807) is 0 Å². The third-order valence-electron chi connectivity index (χ3n) is 4.32. The van der Waals surface area contributed by atoms with Crippen molar-refractivity contribution in [2.45, 2.75) is 19.3 Å². The number of aromatic nitrogens is 2. The van der Waals surface area contributed by atoms with E-state index in [9.17, 15) is 4.79 Å². The van der Waals surface area contributed by atoms with E-state index in [4.69, 9.17) is 28.8 Å². The fraction of sp³-hybridized carbons (Fsp3) is 0.294. The summed E-state index contributed by atoms with van der Waals surface area (Å²) in [5, 5.41) is 3.23. The van der Waals surface area contributed by atoms with Gasteiger partial charge in [-0.05, 0) is 36.3 Å². The van der Waals surface area contributed by atoms with E-state index in [1.165, 1.54) is 11.1 Å². The third-order valence-corrected chi connectivity index (χ3v) is 4.58. The van der Waals surface area contributed by atoms with Crippen molar-refractivity contribution < 1.29 is 4.79 Å². The van der Waals surface area contributed by atoms with Gasteiger partial charge in [0.2, 0.25) is 0 Å². The number of hydrogen-bond donors (Lipinski definition) is 4. The summed E-state index contributed by atoms with van der Waals surface area (Å²) in [6, 6.07) is 8.47. The molecule has 1 unspecified atom stereocenters. The van der Waals surface area contributed by atoms with Gasteiger partial charge >= 0.3 is 5.91 Å². The normalized spacial score (nSPS) is 15.8. The zero-order chi connectivity index (χ0) is 18.7. The molecule has 1 heterocycles. The molecule has 2 aromatic rings. The molecule has 0 radical (unpaired) electrons. The van der Waals surface area contributed by atoms with Crippen LogP contribution < -0.4 is 22.5 Å². The van der Waals surface area contributed by atoms with Gasteiger partial charge in [-0.3, -0.25) is 4.79 Å². The predicted molar refractivity (Wildman–Crippen MR) is 102 cm³/mol. The van der Waals surface area contributed by atoms with Crippen molar-refractivity contribution in [3.8, 4) is 0 Å². The summed E-state index contributed by atoms with van der Waals surface area (Å²) in [6.45, 7) is 0.684. The number of guanidine groups is 1. The van der Waals surface area contributed by atoms with Gasteiger partial charge in [0, 0.05) is 6.54 Å². The van der Waals surface area contributed by atoms with Gasteiger partial charge in [0.25, 0.3) is 0 Å². The highest BCUT2D eigenvalue weighted by Crippen LogP contribution is 2.27. The van der Waals surface area contributed by atoms with Crippen molar-refractivity contribution in [2.75, 3.05) is 17.6 Å². The minimum Gasteiger partial charge on any atom is -0.382 e. The topological polar surface area (TPSA) is 145 Å². The molecule has 1 aromatic heterocycles. The van der Waals surface area contributed by atoms with Crippen LogP contribution >= 0.6 is 11.6 Å². The van der Waals surface area contributed by atoms with Crippen LogP contribution in [-0.2, 0) is 12.8 Å². The first-order valence-electron chi connectivity index (χ1n) is 8.21. The molecule has 7 N–H and O–H groups in total. The molecule has 26 heavy (non-hydrogen) atoms. The molecular formula is C17H20ClN7O. The Morgan fingerprint density at radius 3 is 2.73 bits per heavy atom. The first-order chi connectivity index (χ1) is 12.4. The van der Waals surface area contributed by atoms with Gasteiger partial charge in [-0.25, -0.2) is 9.97 Å². The van der Waals surface area contributed by atoms with Gasteiger partial charge in [0.05, 0.1) is 0 Å². The van der Waals surface area contributed by atoms with Gasteiger partial charge in [-0.1, -0.05) is 35.9 Å². The van der Waals surface area contributed by atoms with E-state index >= 15 is 0 Å². The molecule has 1 aliphatic carbocycles. The number of halogens is 1. The van der Waals surface area contributed by atoms with E-state index in [1.807, 2.05) is 0 Å². The summed E-state index contributed by atoms with van der Waals surface area (Å²) in [4.78, 5) is 23.3. The average Bonchev–Trinajstić information content (AvgIpc) is 2.61. The number of nitrogen functional groups attached to an aromatic ring is 1. The fourth-order valence-electron chi connectivity index (χ4n) is 3.06. The Hall–Kier alpha value is -2.87. The number of aliphatic imine (C=N–C) groups is 1. The van der Waals surface area contributed by atoms with Gasteiger partial charge in [-0.15, -0.1) is 0 Å². The number of anilines is 2. The van der Waals surface area contributed by atoms with Crippen molar-refractivity contribution in [2.24, 2.45) is 22.4 Å². The number of aryl methyl sites for hydroxylation is 1. The van der Waals surface area contributed by atoms with Crippen molar-refractivity contribution in [1.29, 1.82) is 0 Å². The van der Waals surface area contributed by atoms with Crippen LogP contribution in [0.4, 0.5) is 11.6 Å². The minimum absolute atomic E-state index is 0.0459. The highest BCUT2D eigenvalue weighted by Gasteiger charge is 2.20. The number of rotatable bonds is 4. The second-order valence-electron chi connectivity index (χ2n) is 6.20. The van der Waals surface area contributed by atoms with E-state index in [0.29, 0.717) is 18.3 Å². The highest BCUT2D eigenvalue weighted by atomic mass is 35.5. The van der Waals surface area contributed by atoms with Gasteiger partial charge in [-0.2, -0.15) is 4.99 Å². The second-order valence-corrected chi connectivity index (χ2v) is 6.56. The lowest BCUT2D eigenvalue weighted by Gasteiger charge is -2.25. The SMILES string of the molecule is NC(N)=NC(=O)c1nc(Cl)c(NCC2CCc3ccccc3C2)nc1N. The van der Waals surface area contributed by atoms with Crippen LogP contribution in [0, 0.1) is 5.92 Å². The average molecular weight is 374 g/mol.